The highest BCUT2D eigenvalue weighted by atomic mass is 16.5. The van der Waals surface area contributed by atoms with E-state index in [4.69, 9.17) is 10.5 Å². The highest BCUT2D eigenvalue weighted by Gasteiger charge is 2.39. The van der Waals surface area contributed by atoms with Gasteiger partial charge in [-0.15, -0.1) is 0 Å². The van der Waals surface area contributed by atoms with Crippen molar-refractivity contribution in [3.63, 3.8) is 0 Å². The van der Waals surface area contributed by atoms with Gasteiger partial charge < -0.3 is 26.0 Å². The van der Waals surface area contributed by atoms with Gasteiger partial charge in [0, 0.05) is 48.4 Å². The summed E-state index contributed by atoms with van der Waals surface area (Å²) in [5, 5.41) is 8.50. The minimum absolute atomic E-state index is 0.209. The number of benzene rings is 2. The summed E-state index contributed by atoms with van der Waals surface area (Å²) in [5.41, 5.74) is 8.91. The number of methoxy groups -OCH3 is 1. The summed E-state index contributed by atoms with van der Waals surface area (Å²) in [4.78, 5) is 50.5. The average molecular weight is 466 g/mol. The number of hydrogen-bond donors (Lipinski definition) is 4. The van der Waals surface area contributed by atoms with Gasteiger partial charge in [-0.05, 0) is 43.2 Å². The van der Waals surface area contributed by atoms with E-state index in [1.807, 2.05) is 6.07 Å². The molecule has 2 heterocycles. The number of nitrogens with two attached hydrogens (primary N) is 1. The first kappa shape index (κ1) is 23.1. The van der Waals surface area contributed by atoms with Crippen LogP contribution in [0.5, 0.6) is 5.75 Å². The molecule has 2 aromatic rings. The van der Waals surface area contributed by atoms with Gasteiger partial charge in [-0.2, -0.15) is 0 Å². The van der Waals surface area contributed by atoms with Crippen molar-refractivity contribution < 1.29 is 23.9 Å². The van der Waals surface area contributed by atoms with Crippen molar-refractivity contribution in [3.05, 3.63) is 53.1 Å². The molecule has 10 heteroatoms. The number of ether oxygens (including phenoxy) is 1. The number of rotatable bonds is 8. The van der Waals surface area contributed by atoms with Crippen LogP contribution in [0.3, 0.4) is 0 Å². The molecule has 0 radical (unpaired) electrons. The van der Waals surface area contributed by atoms with Gasteiger partial charge >= 0.3 is 0 Å². The van der Waals surface area contributed by atoms with Crippen molar-refractivity contribution in [2.24, 2.45) is 0 Å². The van der Waals surface area contributed by atoms with E-state index in [9.17, 15) is 19.2 Å². The lowest BCUT2D eigenvalue weighted by atomic mass is 10.0. The molecule has 34 heavy (non-hydrogen) atoms. The van der Waals surface area contributed by atoms with E-state index in [1.165, 1.54) is 12.0 Å². The number of anilines is 2. The lowest BCUT2D eigenvalue weighted by molar-refractivity contribution is -0.136. The predicted octanol–water partition coefficient (Wildman–Crippen LogP) is 1.27. The molecular weight excluding hydrogens is 438 g/mol. The number of piperidine rings is 1. The van der Waals surface area contributed by atoms with Gasteiger partial charge in [0.1, 0.15) is 11.8 Å². The Morgan fingerprint density at radius 3 is 2.79 bits per heavy atom. The summed E-state index contributed by atoms with van der Waals surface area (Å²) < 4.78 is 5.15. The number of fused-ring (bicyclic) bond motifs is 1. The van der Waals surface area contributed by atoms with E-state index in [1.54, 1.807) is 30.3 Å². The second-order valence-corrected chi connectivity index (χ2v) is 8.22. The Morgan fingerprint density at radius 1 is 1.21 bits per heavy atom. The summed E-state index contributed by atoms with van der Waals surface area (Å²) in [6, 6.07) is 9.65. The lowest BCUT2D eigenvalue weighted by Gasteiger charge is -2.29. The predicted molar refractivity (Wildman–Crippen MR) is 125 cm³/mol. The van der Waals surface area contributed by atoms with Gasteiger partial charge in [0.25, 0.3) is 11.8 Å². The molecule has 2 aliphatic rings. The fraction of sp³-hybridized carbons (Fsp3) is 0.333. The van der Waals surface area contributed by atoms with Crippen LogP contribution in [0.25, 0.3) is 0 Å². The molecule has 1 fully saturated rings. The van der Waals surface area contributed by atoms with E-state index in [-0.39, 0.29) is 24.1 Å². The standard InChI is InChI=1S/C24H27N5O5/c1-34-20-12-14(6-7-17(20)25)22(31)27-11-3-10-26-18-5-2-4-15-16(18)13-29(24(15)33)19-8-9-21(30)28-23(19)32/h2,4-7,12,19,26H,3,8-11,13,25H2,1H3,(H,27,31)(H,28,30,32). The molecule has 2 aromatic carbocycles. The van der Waals surface area contributed by atoms with E-state index in [2.05, 4.69) is 16.0 Å². The molecule has 0 saturated carbocycles. The Bertz CT molecular complexity index is 1150. The van der Waals surface area contributed by atoms with Crippen LogP contribution in [0, 0.1) is 0 Å². The molecule has 1 saturated heterocycles. The Kier molecular flexibility index (Phi) is 6.67. The van der Waals surface area contributed by atoms with Crippen LogP contribution in [0.4, 0.5) is 11.4 Å². The van der Waals surface area contributed by atoms with Gasteiger partial charge in [-0.1, -0.05) is 6.07 Å². The molecule has 5 N–H and O–H groups in total. The minimum Gasteiger partial charge on any atom is -0.495 e. The highest BCUT2D eigenvalue weighted by molar-refractivity contribution is 6.06. The molecular formula is C24H27N5O5. The Hall–Kier alpha value is -4.08. The molecule has 2 aliphatic heterocycles. The number of nitrogens with one attached hydrogen (secondary N) is 3. The summed E-state index contributed by atoms with van der Waals surface area (Å²) >= 11 is 0. The highest BCUT2D eigenvalue weighted by Crippen LogP contribution is 2.32. The summed E-state index contributed by atoms with van der Waals surface area (Å²) in [6.45, 7) is 1.34. The normalized spacial score (nSPS) is 17.3. The average Bonchev–Trinajstić information content (AvgIpc) is 3.16. The van der Waals surface area contributed by atoms with E-state index in [0.717, 1.165) is 11.3 Å². The van der Waals surface area contributed by atoms with Gasteiger partial charge in [0.2, 0.25) is 11.8 Å². The third kappa shape index (κ3) is 4.66. The van der Waals surface area contributed by atoms with E-state index >= 15 is 0 Å². The molecule has 1 atom stereocenters. The number of hydrogen-bond acceptors (Lipinski definition) is 7. The zero-order valence-electron chi connectivity index (χ0n) is 18.8. The molecule has 1 unspecified atom stereocenters. The second kappa shape index (κ2) is 9.82. The molecule has 0 bridgehead atoms. The quantitative estimate of drug-likeness (QED) is 0.261. The number of amides is 4. The first-order valence-corrected chi connectivity index (χ1v) is 11.1. The number of nitrogens with zero attached hydrogens (tertiary/aromatic N) is 1. The minimum atomic E-state index is -0.646. The molecule has 0 spiro atoms. The number of nitrogen functional groups attached to an aromatic ring is 1. The molecule has 0 aliphatic carbocycles. The first-order chi connectivity index (χ1) is 16.4. The van der Waals surface area contributed by atoms with Gasteiger partial charge in [-0.25, -0.2) is 0 Å². The SMILES string of the molecule is COc1cc(C(=O)NCCCNc2cccc3c2CN(C2CCC(=O)NC2=O)C3=O)ccc1N. The van der Waals surface area contributed by atoms with Crippen LogP contribution in [-0.4, -0.2) is 54.8 Å². The van der Waals surface area contributed by atoms with Crippen LogP contribution in [0.15, 0.2) is 36.4 Å². The van der Waals surface area contributed by atoms with Crippen LogP contribution in [-0.2, 0) is 16.1 Å². The van der Waals surface area contributed by atoms with Crippen molar-refractivity contribution in [2.75, 3.05) is 31.2 Å². The third-order valence-electron chi connectivity index (χ3n) is 6.03. The van der Waals surface area contributed by atoms with Gasteiger partial charge in [-0.3, -0.25) is 24.5 Å². The van der Waals surface area contributed by atoms with Crippen LogP contribution in [0.2, 0.25) is 0 Å². The van der Waals surface area contributed by atoms with Gasteiger partial charge in [0.05, 0.1) is 12.8 Å². The van der Waals surface area contributed by atoms with Crippen molar-refractivity contribution >= 4 is 35.0 Å². The topological polar surface area (TPSA) is 143 Å². The molecule has 10 nitrogen and oxygen atoms in total. The molecule has 0 aromatic heterocycles. The maximum atomic E-state index is 12.9. The van der Waals surface area contributed by atoms with Crippen molar-refractivity contribution in [1.82, 2.24) is 15.5 Å². The molecule has 4 amide bonds. The number of carbonyl (C=O) groups excluding carboxylic acids is 4. The Balaban J connectivity index is 1.30. The monoisotopic (exact) mass is 465 g/mol. The fourth-order valence-electron chi connectivity index (χ4n) is 4.22. The van der Waals surface area contributed by atoms with E-state index in [0.29, 0.717) is 55.0 Å². The Morgan fingerprint density at radius 2 is 2.03 bits per heavy atom. The van der Waals surface area contributed by atoms with Crippen LogP contribution in [0.1, 0.15) is 45.5 Å². The third-order valence-corrected chi connectivity index (χ3v) is 6.03. The number of carbonyl (C=O) groups is 4. The Labute approximate surface area is 196 Å². The van der Waals surface area contributed by atoms with Gasteiger partial charge in [0.15, 0.2) is 0 Å². The smallest absolute Gasteiger partial charge is 0.255 e. The van der Waals surface area contributed by atoms with Crippen molar-refractivity contribution in [1.29, 1.82) is 0 Å². The van der Waals surface area contributed by atoms with Crippen LogP contribution >= 0.6 is 0 Å². The first-order valence-electron chi connectivity index (χ1n) is 11.1. The van der Waals surface area contributed by atoms with E-state index < -0.39 is 11.9 Å². The zero-order valence-corrected chi connectivity index (χ0v) is 18.8. The summed E-state index contributed by atoms with van der Waals surface area (Å²) in [5.74, 6) is -0.714. The summed E-state index contributed by atoms with van der Waals surface area (Å²) in [7, 11) is 1.50. The maximum Gasteiger partial charge on any atom is 0.255 e. The van der Waals surface area contributed by atoms with Crippen LogP contribution < -0.4 is 26.4 Å². The zero-order chi connectivity index (χ0) is 24.2. The second-order valence-electron chi connectivity index (χ2n) is 8.22. The largest absolute Gasteiger partial charge is 0.495 e. The van der Waals surface area contributed by atoms with Crippen molar-refractivity contribution in [3.8, 4) is 5.75 Å². The fourth-order valence-corrected chi connectivity index (χ4v) is 4.22. The van der Waals surface area contributed by atoms with Crippen molar-refractivity contribution in [2.45, 2.75) is 31.8 Å². The summed E-state index contributed by atoms with van der Waals surface area (Å²) in [6.07, 6.45) is 1.20. The molecule has 178 valence electrons. The maximum absolute atomic E-state index is 12.9. The molecule has 4 rings (SSSR count). The lowest BCUT2D eigenvalue weighted by Crippen LogP contribution is -2.52. The number of imide groups is 1.